The molecule has 0 radical (unpaired) electrons. The van der Waals surface area contributed by atoms with Crippen LogP contribution in [-0.2, 0) is 23.5 Å². The maximum atomic E-state index is 11.5. The molecule has 2 saturated heterocycles. The Hall–Kier alpha value is -1.68. The summed E-state index contributed by atoms with van der Waals surface area (Å²) in [6.45, 7) is 1.62. The number of methoxy groups -OCH3 is 1. The third kappa shape index (κ3) is 3.57. The van der Waals surface area contributed by atoms with Gasteiger partial charge in [-0.1, -0.05) is 61.0 Å². The van der Waals surface area contributed by atoms with E-state index in [0.717, 1.165) is 30.5 Å². The van der Waals surface area contributed by atoms with Crippen LogP contribution in [0.3, 0.4) is 0 Å². The van der Waals surface area contributed by atoms with Gasteiger partial charge in [0.05, 0.1) is 12.2 Å². The molecule has 0 aliphatic carbocycles. The number of rotatable bonds is 5. The number of fused-ring (bicyclic) bond motifs is 2. The average Bonchev–Trinajstić information content (AvgIpc) is 2.64. The highest BCUT2D eigenvalue weighted by Crippen LogP contribution is 2.44. The van der Waals surface area contributed by atoms with Gasteiger partial charge in [0.15, 0.2) is 0 Å². The second kappa shape index (κ2) is 7.51. The Labute approximate surface area is 156 Å². The van der Waals surface area contributed by atoms with Gasteiger partial charge in [0.2, 0.25) is 0 Å². The number of piperidine rings is 2. The summed E-state index contributed by atoms with van der Waals surface area (Å²) in [6.07, 6.45) is 5.32. The molecule has 2 unspecified atom stereocenters. The maximum Gasteiger partial charge on any atom is 0.0926 e. The topological polar surface area (TPSA) is 32.7 Å². The summed E-state index contributed by atoms with van der Waals surface area (Å²) in [5.41, 5.74) is 2.89. The molecule has 2 atom stereocenters. The molecule has 1 N–H and O–H groups in total. The predicted molar refractivity (Wildman–Crippen MR) is 104 cm³/mol. The van der Waals surface area contributed by atoms with E-state index in [-0.39, 0.29) is 0 Å². The fourth-order valence-corrected chi connectivity index (χ4v) is 4.89. The van der Waals surface area contributed by atoms with E-state index < -0.39 is 5.60 Å². The van der Waals surface area contributed by atoms with Crippen molar-refractivity contribution in [2.75, 3.05) is 7.11 Å². The number of hydrogen-bond acceptors (Lipinski definition) is 3. The standard InChI is InChI=1S/C23H29NO2/c1-26-17-19-10-12-20(13-11-19)23(25)14-21-8-5-9-22(15-23)24(21)16-18-6-3-2-4-7-18/h2-4,6-7,10-13,21-22,25H,5,8-9,14-17H2,1H3. The lowest BCUT2D eigenvalue weighted by Crippen LogP contribution is -2.56. The maximum absolute atomic E-state index is 11.5. The zero-order valence-corrected chi connectivity index (χ0v) is 15.6. The molecular weight excluding hydrogens is 322 g/mol. The van der Waals surface area contributed by atoms with Gasteiger partial charge in [0, 0.05) is 25.7 Å². The van der Waals surface area contributed by atoms with E-state index in [0.29, 0.717) is 18.7 Å². The summed E-state index contributed by atoms with van der Waals surface area (Å²) in [5, 5.41) is 11.5. The largest absolute Gasteiger partial charge is 0.385 e. The Kier molecular flexibility index (Phi) is 5.12. The molecule has 2 fully saturated rings. The van der Waals surface area contributed by atoms with Gasteiger partial charge >= 0.3 is 0 Å². The van der Waals surface area contributed by atoms with Crippen molar-refractivity contribution in [1.29, 1.82) is 0 Å². The van der Waals surface area contributed by atoms with Crippen LogP contribution in [0.15, 0.2) is 54.6 Å². The fourth-order valence-electron chi connectivity index (χ4n) is 4.89. The first-order valence-corrected chi connectivity index (χ1v) is 9.78. The normalized spacial score (nSPS) is 28.8. The van der Waals surface area contributed by atoms with Gasteiger partial charge in [-0.05, 0) is 42.4 Å². The molecule has 0 spiro atoms. The van der Waals surface area contributed by atoms with Gasteiger partial charge < -0.3 is 9.84 Å². The Morgan fingerprint density at radius 1 is 0.962 bits per heavy atom. The van der Waals surface area contributed by atoms with Crippen molar-refractivity contribution >= 4 is 0 Å². The molecule has 2 aliphatic heterocycles. The molecule has 4 rings (SSSR count). The van der Waals surface area contributed by atoms with Gasteiger partial charge in [-0.2, -0.15) is 0 Å². The molecule has 3 heteroatoms. The highest BCUT2D eigenvalue weighted by atomic mass is 16.5. The van der Waals surface area contributed by atoms with Crippen LogP contribution in [0.5, 0.6) is 0 Å². The van der Waals surface area contributed by atoms with Crippen LogP contribution in [0.2, 0.25) is 0 Å². The van der Waals surface area contributed by atoms with Gasteiger partial charge in [-0.25, -0.2) is 0 Å². The number of ether oxygens (including phenoxy) is 1. The SMILES string of the molecule is COCc1ccc(C2(O)CC3CCCC(C2)N3Cc2ccccc2)cc1. The average molecular weight is 351 g/mol. The summed E-state index contributed by atoms with van der Waals surface area (Å²) >= 11 is 0. The second-order valence-electron chi connectivity index (χ2n) is 7.97. The Morgan fingerprint density at radius 3 is 2.23 bits per heavy atom. The van der Waals surface area contributed by atoms with Crippen molar-refractivity contribution in [2.45, 2.75) is 62.9 Å². The molecule has 2 bridgehead atoms. The van der Waals surface area contributed by atoms with E-state index in [4.69, 9.17) is 4.74 Å². The minimum atomic E-state index is -0.700. The molecular formula is C23H29NO2. The fraction of sp³-hybridized carbons (Fsp3) is 0.478. The Morgan fingerprint density at radius 2 is 1.62 bits per heavy atom. The molecule has 0 amide bonds. The Balaban J connectivity index is 1.53. The molecule has 0 saturated carbocycles. The van der Waals surface area contributed by atoms with Crippen molar-refractivity contribution in [3.8, 4) is 0 Å². The third-order valence-corrected chi connectivity index (χ3v) is 6.17. The number of nitrogens with zero attached hydrogens (tertiary/aromatic N) is 1. The highest BCUT2D eigenvalue weighted by molar-refractivity contribution is 5.29. The third-order valence-electron chi connectivity index (χ3n) is 6.17. The summed E-state index contributed by atoms with van der Waals surface area (Å²) in [4.78, 5) is 2.65. The first-order valence-electron chi connectivity index (χ1n) is 9.78. The van der Waals surface area contributed by atoms with Crippen molar-refractivity contribution in [3.63, 3.8) is 0 Å². The van der Waals surface area contributed by atoms with Crippen LogP contribution in [0, 0.1) is 0 Å². The molecule has 138 valence electrons. The van der Waals surface area contributed by atoms with E-state index in [1.165, 1.54) is 24.8 Å². The first-order chi connectivity index (χ1) is 12.7. The van der Waals surface area contributed by atoms with Crippen LogP contribution < -0.4 is 0 Å². The molecule has 2 aliphatic rings. The quantitative estimate of drug-likeness (QED) is 0.875. The van der Waals surface area contributed by atoms with Crippen LogP contribution in [-0.4, -0.2) is 29.2 Å². The van der Waals surface area contributed by atoms with E-state index in [1.54, 1.807) is 7.11 Å². The van der Waals surface area contributed by atoms with Crippen LogP contribution >= 0.6 is 0 Å². The zero-order valence-electron chi connectivity index (χ0n) is 15.6. The summed E-state index contributed by atoms with van der Waals surface area (Å²) in [6, 6.07) is 20.0. The predicted octanol–water partition coefficient (Wildman–Crippen LogP) is 4.24. The minimum Gasteiger partial charge on any atom is -0.385 e. The molecule has 2 aromatic carbocycles. The highest BCUT2D eigenvalue weighted by Gasteiger charge is 2.46. The summed E-state index contributed by atoms with van der Waals surface area (Å²) < 4.78 is 5.20. The first kappa shape index (κ1) is 17.7. The smallest absolute Gasteiger partial charge is 0.0926 e. The van der Waals surface area contributed by atoms with Crippen LogP contribution in [0.4, 0.5) is 0 Å². The van der Waals surface area contributed by atoms with E-state index in [9.17, 15) is 5.11 Å². The monoisotopic (exact) mass is 351 g/mol. The molecule has 26 heavy (non-hydrogen) atoms. The van der Waals surface area contributed by atoms with Gasteiger partial charge in [-0.3, -0.25) is 4.90 Å². The summed E-state index contributed by atoms with van der Waals surface area (Å²) in [5.74, 6) is 0. The lowest BCUT2D eigenvalue weighted by molar-refractivity contribution is -0.0999. The molecule has 2 heterocycles. The van der Waals surface area contributed by atoms with Crippen molar-refractivity contribution in [3.05, 3.63) is 71.3 Å². The lowest BCUT2D eigenvalue weighted by Gasteiger charge is -2.52. The van der Waals surface area contributed by atoms with Gasteiger partial charge in [0.1, 0.15) is 0 Å². The van der Waals surface area contributed by atoms with Crippen molar-refractivity contribution < 1.29 is 9.84 Å². The van der Waals surface area contributed by atoms with E-state index >= 15 is 0 Å². The van der Waals surface area contributed by atoms with E-state index in [1.807, 2.05) is 0 Å². The number of benzene rings is 2. The number of aliphatic hydroxyl groups is 1. The van der Waals surface area contributed by atoms with Crippen LogP contribution in [0.1, 0.15) is 48.8 Å². The molecule has 3 nitrogen and oxygen atoms in total. The lowest BCUT2D eigenvalue weighted by atomic mass is 9.72. The number of hydrogen-bond donors (Lipinski definition) is 1. The Bertz CT molecular complexity index is 699. The van der Waals surface area contributed by atoms with E-state index in [2.05, 4.69) is 59.5 Å². The molecule has 2 aromatic rings. The minimum absolute atomic E-state index is 0.464. The van der Waals surface area contributed by atoms with Crippen LogP contribution in [0.25, 0.3) is 0 Å². The summed E-state index contributed by atoms with van der Waals surface area (Å²) in [7, 11) is 1.71. The van der Waals surface area contributed by atoms with Gasteiger partial charge in [0.25, 0.3) is 0 Å². The van der Waals surface area contributed by atoms with Crippen molar-refractivity contribution in [1.82, 2.24) is 4.90 Å². The van der Waals surface area contributed by atoms with Gasteiger partial charge in [-0.15, -0.1) is 0 Å². The van der Waals surface area contributed by atoms with Crippen molar-refractivity contribution in [2.24, 2.45) is 0 Å². The zero-order chi connectivity index (χ0) is 18.0. The molecule has 0 aromatic heterocycles. The second-order valence-corrected chi connectivity index (χ2v) is 7.97.